The molecule has 0 spiro atoms. The van der Waals surface area contributed by atoms with E-state index in [4.69, 9.17) is 6.42 Å². The van der Waals surface area contributed by atoms with Crippen LogP contribution in [0.1, 0.15) is 33.6 Å². The van der Waals surface area contributed by atoms with Crippen LogP contribution in [0.2, 0.25) is 0 Å². The van der Waals surface area contributed by atoms with Crippen LogP contribution in [-0.2, 0) is 0 Å². The quantitative estimate of drug-likeness (QED) is 0.523. The third kappa shape index (κ3) is 4.21. The van der Waals surface area contributed by atoms with Gasteiger partial charge in [-0.05, 0) is 25.3 Å². The van der Waals surface area contributed by atoms with Crippen LogP contribution in [0.3, 0.4) is 0 Å². The number of terminal acetylenes is 1. The van der Waals surface area contributed by atoms with Crippen LogP contribution >= 0.6 is 0 Å². The van der Waals surface area contributed by atoms with E-state index in [1.165, 1.54) is 12.0 Å². The Kier molecular flexibility index (Phi) is 4.76. The predicted octanol–water partition coefficient (Wildman–Crippen LogP) is 3.00. The third-order valence-electron chi connectivity index (χ3n) is 1.70. The normalized spacial score (nSPS) is 14.4. The Bertz CT molecular complexity index is 146. The minimum absolute atomic E-state index is 0.768. The van der Waals surface area contributed by atoms with Crippen LogP contribution in [0.25, 0.3) is 0 Å². The van der Waals surface area contributed by atoms with Gasteiger partial charge in [-0.3, -0.25) is 0 Å². The van der Waals surface area contributed by atoms with Gasteiger partial charge >= 0.3 is 0 Å². The van der Waals surface area contributed by atoms with Crippen molar-refractivity contribution in [3.05, 3.63) is 11.6 Å². The van der Waals surface area contributed by atoms with Gasteiger partial charge < -0.3 is 0 Å². The molecule has 0 amide bonds. The molecule has 0 nitrogen and oxygen atoms in total. The van der Waals surface area contributed by atoms with E-state index in [1.807, 2.05) is 6.08 Å². The number of rotatable bonds is 3. The Hall–Kier alpha value is -0.700. The fraction of sp³-hybridized carbons (Fsp3) is 0.600. The summed E-state index contributed by atoms with van der Waals surface area (Å²) in [6.45, 7) is 6.54. The van der Waals surface area contributed by atoms with Crippen LogP contribution in [0.5, 0.6) is 0 Å². The molecule has 0 bridgehead atoms. The molecule has 0 fully saturated rings. The Balaban J connectivity index is 3.70. The fourth-order valence-electron chi connectivity index (χ4n) is 0.895. The van der Waals surface area contributed by atoms with E-state index in [0.717, 1.165) is 12.3 Å². The zero-order chi connectivity index (χ0) is 7.98. The lowest BCUT2D eigenvalue weighted by Gasteiger charge is -2.06. The SMILES string of the molecule is C#CC=C(C)CC(C)CC. The molecular weight excluding hydrogens is 120 g/mol. The van der Waals surface area contributed by atoms with Gasteiger partial charge in [0.1, 0.15) is 0 Å². The first-order chi connectivity index (χ1) is 4.70. The first-order valence-electron chi connectivity index (χ1n) is 3.82. The summed E-state index contributed by atoms with van der Waals surface area (Å²) in [4.78, 5) is 0. The topological polar surface area (TPSA) is 0 Å². The molecule has 0 aliphatic carbocycles. The molecular formula is C10H16. The minimum Gasteiger partial charge on any atom is -0.115 e. The van der Waals surface area contributed by atoms with Crippen LogP contribution in [0.15, 0.2) is 11.6 Å². The van der Waals surface area contributed by atoms with Crippen molar-refractivity contribution < 1.29 is 0 Å². The lowest BCUT2D eigenvalue weighted by Crippen LogP contribution is -1.91. The standard InChI is InChI=1S/C10H16/c1-5-7-10(4)8-9(3)6-2/h1,7,9H,6,8H2,2-4H3. The van der Waals surface area contributed by atoms with Crippen molar-refractivity contribution in [3.8, 4) is 12.3 Å². The summed E-state index contributed by atoms with van der Waals surface area (Å²) in [5.74, 6) is 3.30. The second-order valence-corrected chi connectivity index (χ2v) is 2.87. The maximum absolute atomic E-state index is 5.12. The van der Waals surface area contributed by atoms with Gasteiger partial charge in [0.15, 0.2) is 0 Å². The van der Waals surface area contributed by atoms with Crippen LogP contribution < -0.4 is 0 Å². The number of hydrogen-bond donors (Lipinski definition) is 0. The molecule has 0 aromatic rings. The molecule has 0 heterocycles. The van der Waals surface area contributed by atoms with E-state index in [9.17, 15) is 0 Å². The summed E-state index contributed by atoms with van der Waals surface area (Å²) in [7, 11) is 0. The lowest BCUT2D eigenvalue weighted by molar-refractivity contribution is 0.557. The third-order valence-corrected chi connectivity index (χ3v) is 1.70. The molecule has 0 aliphatic heterocycles. The molecule has 0 aliphatic rings. The summed E-state index contributed by atoms with van der Waals surface area (Å²) in [6, 6.07) is 0. The average Bonchev–Trinajstić information content (AvgIpc) is 1.88. The molecule has 10 heavy (non-hydrogen) atoms. The molecule has 1 unspecified atom stereocenters. The Labute approximate surface area is 64.3 Å². The maximum Gasteiger partial charge on any atom is -0.0132 e. The smallest absolute Gasteiger partial charge is 0.0132 e. The molecule has 0 N–H and O–H groups in total. The van der Waals surface area contributed by atoms with Gasteiger partial charge in [-0.1, -0.05) is 31.8 Å². The molecule has 0 saturated heterocycles. The van der Waals surface area contributed by atoms with E-state index >= 15 is 0 Å². The van der Waals surface area contributed by atoms with E-state index in [-0.39, 0.29) is 0 Å². The lowest BCUT2D eigenvalue weighted by atomic mass is 10.00. The molecule has 1 atom stereocenters. The van der Waals surface area contributed by atoms with Gasteiger partial charge in [0.05, 0.1) is 0 Å². The van der Waals surface area contributed by atoms with E-state index in [0.29, 0.717) is 0 Å². The Morgan fingerprint density at radius 3 is 2.70 bits per heavy atom. The highest BCUT2D eigenvalue weighted by atomic mass is 14.0. The summed E-state index contributed by atoms with van der Waals surface area (Å²) >= 11 is 0. The Morgan fingerprint density at radius 1 is 1.70 bits per heavy atom. The summed E-state index contributed by atoms with van der Waals surface area (Å²) in [5, 5.41) is 0. The van der Waals surface area contributed by atoms with Gasteiger partial charge in [0.25, 0.3) is 0 Å². The molecule has 0 heteroatoms. The predicted molar refractivity (Wildman–Crippen MR) is 46.7 cm³/mol. The summed E-state index contributed by atoms with van der Waals surface area (Å²) in [6.07, 6.45) is 9.35. The van der Waals surface area contributed by atoms with Crippen molar-refractivity contribution in [1.29, 1.82) is 0 Å². The first kappa shape index (κ1) is 9.30. The van der Waals surface area contributed by atoms with Crippen LogP contribution in [-0.4, -0.2) is 0 Å². The second-order valence-electron chi connectivity index (χ2n) is 2.87. The highest BCUT2D eigenvalue weighted by Crippen LogP contribution is 2.12. The van der Waals surface area contributed by atoms with Gasteiger partial charge in [-0.25, -0.2) is 0 Å². The van der Waals surface area contributed by atoms with Crippen molar-refractivity contribution in [2.24, 2.45) is 5.92 Å². The second kappa shape index (κ2) is 5.11. The van der Waals surface area contributed by atoms with Gasteiger partial charge in [0.2, 0.25) is 0 Å². The van der Waals surface area contributed by atoms with Crippen LogP contribution in [0, 0.1) is 18.3 Å². The molecule has 56 valence electrons. The molecule has 0 aromatic heterocycles. The van der Waals surface area contributed by atoms with Crippen LogP contribution in [0.4, 0.5) is 0 Å². The van der Waals surface area contributed by atoms with E-state index in [2.05, 4.69) is 26.7 Å². The van der Waals surface area contributed by atoms with Crippen molar-refractivity contribution in [1.82, 2.24) is 0 Å². The van der Waals surface area contributed by atoms with Crippen molar-refractivity contribution in [2.45, 2.75) is 33.6 Å². The molecule has 0 radical (unpaired) electrons. The zero-order valence-corrected chi connectivity index (χ0v) is 7.15. The molecule has 0 aromatic carbocycles. The Morgan fingerprint density at radius 2 is 2.30 bits per heavy atom. The van der Waals surface area contributed by atoms with Gasteiger partial charge in [-0.2, -0.15) is 0 Å². The highest BCUT2D eigenvalue weighted by Gasteiger charge is 1.97. The summed E-state index contributed by atoms with van der Waals surface area (Å²) < 4.78 is 0. The van der Waals surface area contributed by atoms with E-state index in [1.54, 1.807) is 0 Å². The summed E-state index contributed by atoms with van der Waals surface area (Å²) in [5.41, 5.74) is 1.32. The highest BCUT2D eigenvalue weighted by molar-refractivity contribution is 5.15. The number of hydrogen-bond acceptors (Lipinski definition) is 0. The fourth-order valence-corrected chi connectivity index (χ4v) is 0.895. The number of allylic oxidation sites excluding steroid dienone is 2. The first-order valence-corrected chi connectivity index (χ1v) is 3.82. The molecule has 0 saturated carbocycles. The van der Waals surface area contributed by atoms with Gasteiger partial charge in [0, 0.05) is 0 Å². The zero-order valence-electron chi connectivity index (χ0n) is 7.15. The van der Waals surface area contributed by atoms with Crippen molar-refractivity contribution >= 4 is 0 Å². The van der Waals surface area contributed by atoms with Crippen molar-refractivity contribution in [2.75, 3.05) is 0 Å². The minimum atomic E-state index is 0.768. The van der Waals surface area contributed by atoms with E-state index < -0.39 is 0 Å². The maximum atomic E-state index is 5.12. The largest absolute Gasteiger partial charge is 0.115 e. The van der Waals surface area contributed by atoms with Gasteiger partial charge in [-0.15, -0.1) is 6.42 Å². The van der Waals surface area contributed by atoms with Crippen molar-refractivity contribution in [3.63, 3.8) is 0 Å². The average molecular weight is 136 g/mol. The molecule has 0 rings (SSSR count). The monoisotopic (exact) mass is 136 g/mol.